The summed E-state index contributed by atoms with van der Waals surface area (Å²) in [5.41, 5.74) is 1.97. The Morgan fingerprint density at radius 3 is 2.94 bits per heavy atom. The number of carbonyl (C=O) groups is 1. The Morgan fingerprint density at radius 1 is 1.53 bits per heavy atom. The van der Waals surface area contributed by atoms with E-state index in [1.54, 1.807) is 4.68 Å². The molecule has 94 valence electrons. The molecule has 1 N–H and O–H groups in total. The third-order valence-corrected chi connectivity index (χ3v) is 3.16. The summed E-state index contributed by atoms with van der Waals surface area (Å²) in [6.45, 7) is 5.71. The van der Waals surface area contributed by atoms with Gasteiger partial charge in [-0.3, -0.25) is 9.48 Å². The van der Waals surface area contributed by atoms with E-state index in [0.29, 0.717) is 0 Å². The molecule has 5 heteroatoms. The maximum atomic E-state index is 12.2. The van der Waals surface area contributed by atoms with Crippen LogP contribution in [0.3, 0.4) is 0 Å². The van der Waals surface area contributed by atoms with Crippen LogP contribution in [0.5, 0.6) is 0 Å². The SMILES string of the molecule is CCNC1CCN(c2cn(C)nc2CC)C1=O. The van der Waals surface area contributed by atoms with E-state index in [9.17, 15) is 4.79 Å². The van der Waals surface area contributed by atoms with E-state index in [-0.39, 0.29) is 11.9 Å². The molecule has 17 heavy (non-hydrogen) atoms. The monoisotopic (exact) mass is 236 g/mol. The number of aromatic nitrogens is 2. The van der Waals surface area contributed by atoms with Crippen LogP contribution in [-0.2, 0) is 18.3 Å². The number of carbonyl (C=O) groups excluding carboxylic acids is 1. The fourth-order valence-electron chi connectivity index (χ4n) is 2.35. The number of hydrogen-bond acceptors (Lipinski definition) is 3. The molecule has 0 spiro atoms. The number of nitrogens with one attached hydrogen (secondary N) is 1. The Morgan fingerprint density at radius 2 is 2.29 bits per heavy atom. The van der Waals surface area contributed by atoms with Gasteiger partial charge in [-0.2, -0.15) is 5.10 Å². The minimum atomic E-state index is -0.0232. The number of rotatable bonds is 4. The first-order valence-electron chi connectivity index (χ1n) is 6.24. The fraction of sp³-hybridized carbons (Fsp3) is 0.667. The molecule has 0 aromatic carbocycles. The summed E-state index contributed by atoms with van der Waals surface area (Å²) in [6, 6.07) is -0.0232. The number of likely N-dealkylation sites (N-methyl/N-ethyl adjacent to an activating group) is 1. The largest absolute Gasteiger partial charge is 0.308 e. The minimum Gasteiger partial charge on any atom is -0.308 e. The molecule has 1 aliphatic rings. The second kappa shape index (κ2) is 4.87. The highest BCUT2D eigenvalue weighted by molar-refractivity contribution is 5.99. The van der Waals surface area contributed by atoms with Crippen molar-refractivity contribution in [3.05, 3.63) is 11.9 Å². The van der Waals surface area contributed by atoms with Crippen molar-refractivity contribution in [3.63, 3.8) is 0 Å². The lowest BCUT2D eigenvalue weighted by Gasteiger charge is -2.16. The van der Waals surface area contributed by atoms with Gasteiger partial charge in [-0.05, 0) is 19.4 Å². The second-order valence-corrected chi connectivity index (χ2v) is 4.38. The van der Waals surface area contributed by atoms with E-state index in [1.165, 1.54) is 0 Å². The van der Waals surface area contributed by atoms with E-state index in [1.807, 2.05) is 25.1 Å². The van der Waals surface area contributed by atoms with Crippen molar-refractivity contribution in [2.24, 2.45) is 7.05 Å². The van der Waals surface area contributed by atoms with Crippen LogP contribution in [0.4, 0.5) is 5.69 Å². The average molecular weight is 236 g/mol. The molecule has 5 nitrogen and oxygen atoms in total. The zero-order valence-electron chi connectivity index (χ0n) is 10.7. The number of aryl methyl sites for hydroxylation is 2. The highest BCUT2D eigenvalue weighted by Crippen LogP contribution is 2.25. The van der Waals surface area contributed by atoms with E-state index < -0.39 is 0 Å². The van der Waals surface area contributed by atoms with Gasteiger partial charge in [0.05, 0.1) is 17.4 Å². The standard InChI is InChI=1S/C12H20N4O/c1-4-9-11(8-15(3)14-9)16-7-6-10(12(16)17)13-5-2/h8,10,13H,4-7H2,1-3H3. The maximum absolute atomic E-state index is 12.2. The molecule has 2 rings (SSSR count). The summed E-state index contributed by atoms with van der Waals surface area (Å²) in [5, 5.41) is 7.60. The second-order valence-electron chi connectivity index (χ2n) is 4.38. The van der Waals surface area contributed by atoms with Crippen LogP contribution < -0.4 is 10.2 Å². The zero-order valence-corrected chi connectivity index (χ0v) is 10.7. The third kappa shape index (κ3) is 2.20. The molecular weight excluding hydrogens is 216 g/mol. The summed E-state index contributed by atoms with van der Waals surface area (Å²) in [6.07, 6.45) is 3.67. The summed E-state index contributed by atoms with van der Waals surface area (Å²) in [5.74, 6) is 0.176. The average Bonchev–Trinajstić information content (AvgIpc) is 2.84. The lowest BCUT2D eigenvalue weighted by Crippen LogP contribution is -2.38. The number of anilines is 1. The number of amides is 1. The molecule has 1 unspecified atom stereocenters. The third-order valence-electron chi connectivity index (χ3n) is 3.16. The first-order valence-corrected chi connectivity index (χ1v) is 6.24. The molecule has 1 aromatic heterocycles. The molecule has 1 saturated heterocycles. The number of hydrogen-bond donors (Lipinski definition) is 1. The molecule has 2 heterocycles. The van der Waals surface area contributed by atoms with Crippen LogP contribution in [0.25, 0.3) is 0 Å². The first-order chi connectivity index (χ1) is 8.17. The molecule has 1 fully saturated rings. The number of nitrogens with zero attached hydrogens (tertiary/aromatic N) is 3. The summed E-state index contributed by atoms with van der Waals surface area (Å²) in [4.78, 5) is 14.1. The summed E-state index contributed by atoms with van der Waals surface area (Å²) < 4.78 is 1.78. The minimum absolute atomic E-state index is 0.0232. The fourth-order valence-corrected chi connectivity index (χ4v) is 2.35. The summed E-state index contributed by atoms with van der Waals surface area (Å²) >= 11 is 0. The van der Waals surface area contributed by atoms with Gasteiger partial charge in [0.1, 0.15) is 0 Å². The van der Waals surface area contributed by atoms with Gasteiger partial charge >= 0.3 is 0 Å². The van der Waals surface area contributed by atoms with Gasteiger partial charge in [0, 0.05) is 19.8 Å². The Kier molecular flexibility index (Phi) is 3.47. The Labute approximate surface area is 102 Å². The van der Waals surface area contributed by atoms with Gasteiger partial charge in [-0.1, -0.05) is 13.8 Å². The molecular formula is C12H20N4O. The van der Waals surface area contributed by atoms with Crippen LogP contribution in [0.1, 0.15) is 26.0 Å². The van der Waals surface area contributed by atoms with Crippen LogP contribution in [0.2, 0.25) is 0 Å². The van der Waals surface area contributed by atoms with E-state index in [4.69, 9.17) is 0 Å². The van der Waals surface area contributed by atoms with Crippen molar-refractivity contribution in [1.82, 2.24) is 15.1 Å². The van der Waals surface area contributed by atoms with Crippen molar-refractivity contribution >= 4 is 11.6 Å². The lowest BCUT2D eigenvalue weighted by atomic mass is 10.2. The van der Waals surface area contributed by atoms with Crippen molar-refractivity contribution in [2.75, 3.05) is 18.0 Å². The van der Waals surface area contributed by atoms with Gasteiger partial charge in [0.25, 0.3) is 0 Å². The van der Waals surface area contributed by atoms with E-state index >= 15 is 0 Å². The van der Waals surface area contributed by atoms with Gasteiger partial charge in [-0.15, -0.1) is 0 Å². The van der Waals surface area contributed by atoms with Crippen molar-refractivity contribution in [2.45, 2.75) is 32.7 Å². The predicted octanol–water partition coefficient (Wildman–Crippen LogP) is 0.697. The molecule has 1 atom stereocenters. The van der Waals surface area contributed by atoms with E-state index in [2.05, 4.69) is 17.3 Å². The van der Waals surface area contributed by atoms with Crippen LogP contribution in [0, 0.1) is 0 Å². The van der Waals surface area contributed by atoms with Crippen molar-refractivity contribution < 1.29 is 4.79 Å². The topological polar surface area (TPSA) is 50.2 Å². The van der Waals surface area contributed by atoms with Crippen LogP contribution >= 0.6 is 0 Å². The molecule has 1 aliphatic heterocycles. The Bertz CT molecular complexity index is 413. The molecule has 0 bridgehead atoms. The maximum Gasteiger partial charge on any atom is 0.244 e. The van der Waals surface area contributed by atoms with Crippen molar-refractivity contribution in [3.8, 4) is 0 Å². The molecule has 1 aromatic rings. The first kappa shape index (κ1) is 12.1. The van der Waals surface area contributed by atoms with Gasteiger partial charge in [0.15, 0.2) is 0 Å². The highest BCUT2D eigenvalue weighted by Gasteiger charge is 2.33. The molecule has 1 amide bonds. The molecule has 0 saturated carbocycles. The van der Waals surface area contributed by atoms with Gasteiger partial charge in [0.2, 0.25) is 5.91 Å². The Balaban J connectivity index is 2.20. The van der Waals surface area contributed by atoms with E-state index in [0.717, 1.165) is 37.3 Å². The van der Waals surface area contributed by atoms with Crippen LogP contribution in [-0.4, -0.2) is 34.8 Å². The van der Waals surface area contributed by atoms with Gasteiger partial charge in [-0.25, -0.2) is 0 Å². The normalized spacial score (nSPS) is 20.3. The smallest absolute Gasteiger partial charge is 0.244 e. The molecule has 0 aliphatic carbocycles. The van der Waals surface area contributed by atoms with Crippen molar-refractivity contribution in [1.29, 1.82) is 0 Å². The Hall–Kier alpha value is -1.36. The lowest BCUT2D eigenvalue weighted by molar-refractivity contribution is -0.118. The summed E-state index contributed by atoms with van der Waals surface area (Å²) in [7, 11) is 1.89. The quantitative estimate of drug-likeness (QED) is 0.837. The zero-order chi connectivity index (χ0) is 12.4. The highest BCUT2D eigenvalue weighted by atomic mass is 16.2. The molecule has 0 radical (unpaired) electrons. The van der Waals surface area contributed by atoms with Gasteiger partial charge < -0.3 is 10.2 Å². The predicted molar refractivity (Wildman–Crippen MR) is 67.0 cm³/mol. The van der Waals surface area contributed by atoms with Crippen LogP contribution in [0.15, 0.2) is 6.20 Å².